The molecule has 25 heavy (non-hydrogen) atoms. The number of rotatable bonds is 6. The molecule has 0 unspecified atom stereocenters. The highest BCUT2D eigenvalue weighted by Crippen LogP contribution is 2.38. The van der Waals surface area contributed by atoms with Gasteiger partial charge < -0.3 is 25.2 Å². The summed E-state index contributed by atoms with van der Waals surface area (Å²) in [4.78, 5) is 18.7. The molecule has 0 aromatic heterocycles. The predicted octanol–water partition coefficient (Wildman–Crippen LogP) is 0.985. The van der Waals surface area contributed by atoms with E-state index in [-0.39, 0.29) is 29.3 Å². The molecule has 0 atom stereocenters. The summed E-state index contributed by atoms with van der Waals surface area (Å²) < 4.78 is 0. The van der Waals surface area contributed by atoms with E-state index >= 15 is 0 Å². The Balaban J connectivity index is 1.69. The van der Waals surface area contributed by atoms with Crippen LogP contribution in [0.5, 0.6) is 5.75 Å². The lowest BCUT2D eigenvalue weighted by molar-refractivity contribution is 0.0689. The number of aromatic carboxylic acids is 1. The summed E-state index contributed by atoms with van der Waals surface area (Å²) in [6, 6.07) is 3.34. The van der Waals surface area contributed by atoms with Gasteiger partial charge in [-0.2, -0.15) is 0 Å². The molecule has 1 aromatic carbocycles. The molecule has 10 heteroatoms. The van der Waals surface area contributed by atoms with Crippen LogP contribution in [0.1, 0.15) is 15.9 Å². The van der Waals surface area contributed by atoms with Crippen molar-refractivity contribution in [2.75, 3.05) is 25.4 Å². The van der Waals surface area contributed by atoms with Gasteiger partial charge in [-0.05, 0) is 24.4 Å². The van der Waals surface area contributed by atoms with E-state index in [4.69, 9.17) is 10.0 Å². The number of likely N-dealkylation sites (tertiary alicyclic amines) is 1. The van der Waals surface area contributed by atoms with Crippen molar-refractivity contribution < 1.29 is 25.1 Å². The number of carbonyl (C=O) groups is 1. The monoisotopic (exact) mass is 382 g/mol. The number of nitrogens with zero attached hydrogens (tertiary/aromatic N) is 2. The number of phenols is 1. The number of aryl methyl sites for hydroxylation is 1. The van der Waals surface area contributed by atoms with Gasteiger partial charge in [0.25, 0.3) is 0 Å². The van der Waals surface area contributed by atoms with Crippen LogP contribution in [0.15, 0.2) is 22.0 Å². The highest BCUT2D eigenvalue weighted by atomic mass is 32.2. The van der Waals surface area contributed by atoms with Gasteiger partial charge in [0, 0.05) is 29.0 Å². The van der Waals surface area contributed by atoms with Gasteiger partial charge in [-0.1, -0.05) is 17.8 Å². The number of aromatic hydroxyl groups is 1. The SMILES string of the molecule is O=C(O)c1c(SC2CN(C3=NCCS3)C2)ccc(CCB(O)O)c1O. The van der Waals surface area contributed by atoms with Gasteiger partial charge in [-0.3, -0.25) is 4.99 Å². The Bertz CT molecular complexity index is 695. The van der Waals surface area contributed by atoms with Gasteiger partial charge in [-0.15, -0.1) is 11.8 Å². The van der Waals surface area contributed by atoms with Gasteiger partial charge in [0.05, 0.1) is 6.54 Å². The zero-order chi connectivity index (χ0) is 18.0. The zero-order valence-corrected chi connectivity index (χ0v) is 15.1. The standard InChI is InChI=1S/C15H19BN2O5S2/c19-13-9(3-4-16(22)23)1-2-11(12(13)14(20)21)25-10-7-18(8-10)15-17-5-6-24-15/h1-2,10,19,22-23H,3-8H2,(H,20,21). The number of hydrogen-bond acceptors (Lipinski definition) is 8. The minimum Gasteiger partial charge on any atom is -0.507 e. The summed E-state index contributed by atoms with van der Waals surface area (Å²) >= 11 is 3.20. The summed E-state index contributed by atoms with van der Waals surface area (Å²) in [5.74, 6) is -0.451. The Morgan fingerprint density at radius 2 is 2.16 bits per heavy atom. The molecular weight excluding hydrogens is 363 g/mol. The van der Waals surface area contributed by atoms with Crippen molar-refractivity contribution in [3.8, 4) is 5.75 Å². The lowest BCUT2D eigenvalue weighted by atomic mass is 9.82. The second-order valence-electron chi connectivity index (χ2n) is 5.93. The maximum Gasteiger partial charge on any atom is 0.451 e. The first-order chi connectivity index (χ1) is 12.0. The molecule has 0 radical (unpaired) electrons. The van der Waals surface area contributed by atoms with Crippen molar-refractivity contribution in [2.24, 2.45) is 4.99 Å². The van der Waals surface area contributed by atoms with Crippen molar-refractivity contribution >= 4 is 41.8 Å². The molecule has 0 bridgehead atoms. The molecule has 2 aliphatic rings. The third-order valence-electron chi connectivity index (χ3n) is 4.09. The fourth-order valence-corrected chi connectivity index (χ4v) is 4.97. The number of amidine groups is 1. The molecule has 1 aromatic rings. The minimum atomic E-state index is -1.49. The third kappa shape index (κ3) is 4.25. The van der Waals surface area contributed by atoms with Gasteiger partial charge in [0.15, 0.2) is 5.17 Å². The minimum absolute atomic E-state index is 0.0382. The molecule has 1 saturated heterocycles. The fourth-order valence-electron chi connectivity index (χ4n) is 2.77. The van der Waals surface area contributed by atoms with Crippen LogP contribution >= 0.6 is 23.5 Å². The second-order valence-corrected chi connectivity index (χ2v) is 8.33. The van der Waals surface area contributed by atoms with Crippen molar-refractivity contribution in [2.45, 2.75) is 22.9 Å². The van der Waals surface area contributed by atoms with Gasteiger partial charge in [0.1, 0.15) is 11.3 Å². The molecule has 3 rings (SSSR count). The Morgan fingerprint density at radius 3 is 2.76 bits per heavy atom. The largest absolute Gasteiger partial charge is 0.507 e. The van der Waals surface area contributed by atoms with E-state index in [0.29, 0.717) is 10.5 Å². The summed E-state index contributed by atoms with van der Waals surface area (Å²) in [7, 11) is -1.49. The lowest BCUT2D eigenvalue weighted by Gasteiger charge is -2.40. The number of benzene rings is 1. The zero-order valence-electron chi connectivity index (χ0n) is 13.5. The number of aliphatic imine (C=N–C) groups is 1. The van der Waals surface area contributed by atoms with Crippen molar-refractivity contribution in [1.29, 1.82) is 0 Å². The third-order valence-corrected chi connectivity index (χ3v) is 6.35. The van der Waals surface area contributed by atoms with Crippen LogP contribution in [0.3, 0.4) is 0 Å². The molecule has 0 spiro atoms. The van der Waals surface area contributed by atoms with Crippen LogP contribution in [0.25, 0.3) is 0 Å². The highest BCUT2D eigenvalue weighted by molar-refractivity contribution is 8.14. The average Bonchev–Trinajstić information content (AvgIpc) is 3.02. The van der Waals surface area contributed by atoms with E-state index < -0.39 is 13.1 Å². The van der Waals surface area contributed by atoms with Gasteiger partial charge >= 0.3 is 13.1 Å². The molecule has 1 fully saturated rings. The highest BCUT2D eigenvalue weighted by Gasteiger charge is 2.33. The number of hydrogen-bond donors (Lipinski definition) is 4. The Morgan fingerprint density at radius 1 is 1.40 bits per heavy atom. The van der Waals surface area contributed by atoms with E-state index in [9.17, 15) is 15.0 Å². The Hall–Kier alpha value is -1.36. The normalized spacial score (nSPS) is 17.4. The molecule has 2 aliphatic heterocycles. The van der Waals surface area contributed by atoms with Crippen LogP contribution in [0, 0.1) is 0 Å². The Kier molecular flexibility index (Phi) is 5.83. The molecule has 0 saturated carbocycles. The summed E-state index contributed by atoms with van der Waals surface area (Å²) in [5.41, 5.74) is 0.294. The van der Waals surface area contributed by atoms with Crippen LogP contribution in [-0.2, 0) is 6.42 Å². The molecule has 7 nitrogen and oxygen atoms in total. The fraction of sp³-hybridized carbons (Fsp3) is 0.467. The molecule has 0 aliphatic carbocycles. The van der Waals surface area contributed by atoms with Crippen molar-refractivity contribution in [1.82, 2.24) is 4.90 Å². The first-order valence-electron chi connectivity index (χ1n) is 7.99. The van der Waals surface area contributed by atoms with Crippen LogP contribution < -0.4 is 0 Å². The molecular formula is C15H19BN2O5S2. The maximum atomic E-state index is 11.6. The van der Waals surface area contributed by atoms with E-state index in [1.165, 1.54) is 11.8 Å². The summed E-state index contributed by atoms with van der Waals surface area (Å²) in [6.45, 7) is 2.49. The summed E-state index contributed by atoms with van der Waals surface area (Å²) in [5, 5.41) is 39.0. The van der Waals surface area contributed by atoms with Crippen molar-refractivity contribution in [3.63, 3.8) is 0 Å². The van der Waals surface area contributed by atoms with Gasteiger partial charge in [0.2, 0.25) is 0 Å². The maximum absolute atomic E-state index is 11.6. The van der Waals surface area contributed by atoms with E-state index in [1.54, 1.807) is 23.9 Å². The first kappa shape index (κ1) is 18.4. The number of carboxylic acid groups (broad SMARTS) is 1. The number of carboxylic acids is 1. The molecule has 4 N–H and O–H groups in total. The molecule has 134 valence electrons. The second kappa shape index (κ2) is 7.90. The lowest BCUT2D eigenvalue weighted by Crippen LogP contribution is -2.50. The van der Waals surface area contributed by atoms with E-state index in [2.05, 4.69) is 9.89 Å². The molecule has 2 heterocycles. The average molecular weight is 382 g/mol. The Labute approximate surface area is 154 Å². The van der Waals surface area contributed by atoms with Crippen LogP contribution in [0.2, 0.25) is 6.32 Å². The number of thioether (sulfide) groups is 2. The van der Waals surface area contributed by atoms with Crippen molar-refractivity contribution in [3.05, 3.63) is 23.3 Å². The van der Waals surface area contributed by atoms with E-state index in [1.807, 2.05) is 0 Å². The summed E-state index contributed by atoms with van der Waals surface area (Å²) in [6.07, 6.45) is 0.236. The van der Waals surface area contributed by atoms with Crippen LogP contribution in [-0.4, -0.2) is 74.1 Å². The van der Waals surface area contributed by atoms with Crippen LogP contribution in [0.4, 0.5) is 0 Å². The topological polar surface area (TPSA) is 114 Å². The first-order valence-corrected chi connectivity index (χ1v) is 9.85. The van der Waals surface area contributed by atoms with Gasteiger partial charge in [-0.25, -0.2) is 4.79 Å². The molecule has 0 amide bonds. The predicted molar refractivity (Wildman–Crippen MR) is 99.7 cm³/mol. The quantitative estimate of drug-likeness (QED) is 0.539. The smallest absolute Gasteiger partial charge is 0.451 e. The van der Waals surface area contributed by atoms with E-state index in [0.717, 1.165) is 30.6 Å².